The van der Waals surface area contributed by atoms with Gasteiger partial charge in [-0.15, -0.1) is 0 Å². The fourth-order valence-corrected chi connectivity index (χ4v) is 2.72. The maximum absolute atomic E-state index is 11.2. The van der Waals surface area contributed by atoms with Crippen LogP contribution in [0.1, 0.15) is 39.2 Å². The fourth-order valence-electron chi connectivity index (χ4n) is 2.38. The van der Waals surface area contributed by atoms with E-state index in [0.29, 0.717) is 12.0 Å². The van der Waals surface area contributed by atoms with Gasteiger partial charge in [-0.2, -0.15) is 0 Å². The summed E-state index contributed by atoms with van der Waals surface area (Å²) in [7, 11) is 0. The molecule has 0 aliphatic rings. The van der Waals surface area contributed by atoms with Gasteiger partial charge in [0.25, 0.3) is 5.69 Å². The molecule has 0 aromatic heterocycles. The second-order valence-corrected chi connectivity index (χ2v) is 6.06. The van der Waals surface area contributed by atoms with Gasteiger partial charge in [0.05, 0.1) is 4.92 Å². The van der Waals surface area contributed by atoms with E-state index in [1.807, 2.05) is 12.1 Å². The molecule has 0 radical (unpaired) electrons. The summed E-state index contributed by atoms with van der Waals surface area (Å²) in [5, 5.41) is 14.6. The molecular formula is C15H23BrN2O2. The van der Waals surface area contributed by atoms with Gasteiger partial charge in [0.2, 0.25) is 0 Å². The van der Waals surface area contributed by atoms with Crippen LogP contribution in [0.2, 0.25) is 0 Å². The van der Waals surface area contributed by atoms with Crippen molar-refractivity contribution in [3.63, 3.8) is 0 Å². The molecule has 20 heavy (non-hydrogen) atoms. The zero-order valence-corrected chi connectivity index (χ0v) is 13.9. The van der Waals surface area contributed by atoms with Crippen LogP contribution in [-0.4, -0.2) is 17.5 Å². The van der Waals surface area contributed by atoms with E-state index >= 15 is 0 Å². The lowest BCUT2D eigenvalue weighted by atomic mass is 9.90. The molecule has 0 saturated carbocycles. The molecule has 0 spiro atoms. The van der Waals surface area contributed by atoms with Crippen LogP contribution in [0.5, 0.6) is 0 Å². The summed E-state index contributed by atoms with van der Waals surface area (Å²) in [6.45, 7) is 7.42. The highest BCUT2D eigenvalue weighted by Gasteiger charge is 2.21. The summed E-state index contributed by atoms with van der Waals surface area (Å²) in [5.41, 5.74) is 1.02. The number of benzene rings is 1. The van der Waals surface area contributed by atoms with Gasteiger partial charge in [0.1, 0.15) is 0 Å². The Morgan fingerprint density at radius 1 is 1.40 bits per heavy atom. The molecule has 112 valence electrons. The van der Waals surface area contributed by atoms with Crippen LogP contribution in [0.3, 0.4) is 0 Å². The highest BCUT2D eigenvalue weighted by Crippen LogP contribution is 2.27. The molecule has 2 atom stereocenters. The van der Waals surface area contributed by atoms with Crippen molar-refractivity contribution >= 4 is 21.6 Å². The summed E-state index contributed by atoms with van der Waals surface area (Å²) in [6, 6.07) is 5.69. The molecule has 0 aliphatic heterocycles. The van der Waals surface area contributed by atoms with Gasteiger partial charge in [-0.3, -0.25) is 10.1 Å². The minimum atomic E-state index is -0.295. The summed E-state index contributed by atoms with van der Waals surface area (Å²) in [4.78, 5) is 10.9. The first-order valence-electron chi connectivity index (χ1n) is 7.15. The van der Waals surface area contributed by atoms with Crippen molar-refractivity contribution in [2.24, 2.45) is 5.92 Å². The van der Waals surface area contributed by atoms with Crippen LogP contribution in [0, 0.1) is 16.0 Å². The summed E-state index contributed by atoms with van der Waals surface area (Å²) in [5.74, 6) is 0.404. The van der Waals surface area contributed by atoms with E-state index in [0.717, 1.165) is 35.8 Å². The van der Waals surface area contributed by atoms with Crippen LogP contribution >= 0.6 is 15.9 Å². The van der Waals surface area contributed by atoms with Crippen molar-refractivity contribution in [3.05, 3.63) is 38.3 Å². The number of nitrogens with zero attached hydrogens (tertiary/aromatic N) is 1. The Balaban J connectivity index is 2.86. The molecule has 1 rings (SSSR count). The first-order chi connectivity index (χ1) is 9.49. The summed E-state index contributed by atoms with van der Waals surface area (Å²) < 4.78 is 0.748. The van der Waals surface area contributed by atoms with Gasteiger partial charge in [-0.1, -0.05) is 42.3 Å². The van der Waals surface area contributed by atoms with E-state index in [2.05, 4.69) is 42.0 Å². The molecule has 1 aromatic carbocycles. The van der Waals surface area contributed by atoms with Crippen LogP contribution < -0.4 is 5.32 Å². The van der Waals surface area contributed by atoms with Crippen LogP contribution in [0.15, 0.2) is 22.7 Å². The number of halogens is 1. The second-order valence-electron chi connectivity index (χ2n) is 5.15. The Morgan fingerprint density at radius 2 is 2.10 bits per heavy atom. The van der Waals surface area contributed by atoms with Gasteiger partial charge < -0.3 is 5.32 Å². The van der Waals surface area contributed by atoms with Crippen LogP contribution in [-0.2, 0) is 6.42 Å². The molecule has 0 saturated heterocycles. The highest BCUT2D eigenvalue weighted by molar-refractivity contribution is 9.10. The number of rotatable bonds is 8. The van der Waals surface area contributed by atoms with E-state index in [1.165, 1.54) is 0 Å². The molecule has 4 nitrogen and oxygen atoms in total. The molecule has 0 amide bonds. The Kier molecular flexibility index (Phi) is 7.16. The van der Waals surface area contributed by atoms with Crippen LogP contribution in [0.4, 0.5) is 5.69 Å². The zero-order valence-electron chi connectivity index (χ0n) is 12.4. The number of nitro groups is 1. The SMILES string of the molecule is CCCNC(C)C(CC)Cc1ccc(Br)cc1[N+](=O)[O-]. The zero-order chi connectivity index (χ0) is 15.1. The topological polar surface area (TPSA) is 55.2 Å². The molecule has 1 N–H and O–H groups in total. The summed E-state index contributed by atoms with van der Waals surface area (Å²) in [6.07, 6.45) is 2.84. The molecule has 0 fully saturated rings. The predicted molar refractivity (Wildman–Crippen MR) is 86.0 cm³/mol. The van der Waals surface area contributed by atoms with Gasteiger partial charge in [-0.25, -0.2) is 0 Å². The van der Waals surface area contributed by atoms with Crippen molar-refractivity contribution in [1.82, 2.24) is 5.32 Å². The van der Waals surface area contributed by atoms with Crippen molar-refractivity contribution in [2.75, 3.05) is 6.54 Å². The minimum Gasteiger partial charge on any atom is -0.314 e. The summed E-state index contributed by atoms with van der Waals surface area (Å²) >= 11 is 3.29. The van der Waals surface area contributed by atoms with Gasteiger partial charge >= 0.3 is 0 Å². The first-order valence-corrected chi connectivity index (χ1v) is 7.95. The normalized spacial score (nSPS) is 14.0. The fraction of sp³-hybridized carbons (Fsp3) is 0.600. The number of hydrogen-bond donors (Lipinski definition) is 1. The Bertz CT molecular complexity index is 451. The molecule has 0 aliphatic carbocycles. The standard InChI is InChI=1S/C15H23BrN2O2/c1-4-8-17-11(3)12(5-2)9-13-6-7-14(16)10-15(13)18(19)20/h6-7,10-12,17H,4-5,8-9H2,1-3H3. The smallest absolute Gasteiger partial charge is 0.273 e. The van der Waals surface area contributed by atoms with E-state index < -0.39 is 0 Å². The van der Waals surface area contributed by atoms with Crippen molar-refractivity contribution < 1.29 is 4.92 Å². The molecule has 0 heterocycles. The quantitative estimate of drug-likeness (QED) is 0.565. The van der Waals surface area contributed by atoms with Gasteiger partial charge in [-0.05, 0) is 38.3 Å². The lowest BCUT2D eigenvalue weighted by Crippen LogP contribution is -2.35. The van der Waals surface area contributed by atoms with E-state index in [9.17, 15) is 10.1 Å². The number of nitro benzene ring substituents is 1. The van der Waals surface area contributed by atoms with Gasteiger partial charge in [0.15, 0.2) is 0 Å². The molecular weight excluding hydrogens is 320 g/mol. The van der Waals surface area contributed by atoms with E-state index in [4.69, 9.17) is 0 Å². The predicted octanol–water partition coefficient (Wildman–Crippen LogP) is 4.31. The third-order valence-corrected chi connectivity index (χ3v) is 4.17. The first kappa shape index (κ1) is 17.1. The van der Waals surface area contributed by atoms with Crippen molar-refractivity contribution in [3.8, 4) is 0 Å². The molecule has 2 unspecified atom stereocenters. The maximum atomic E-state index is 11.2. The lowest BCUT2D eigenvalue weighted by molar-refractivity contribution is -0.385. The lowest BCUT2D eigenvalue weighted by Gasteiger charge is -2.24. The minimum absolute atomic E-state index is 0.209. The third kappa shape index (κ3) is 4.87. The Labute approximate surface area is 129 Å². The van der Waals surface area contributed by atoms with Crippen LogP contribution in [0.25, 0.3) is 0 Å². The monoisotopic (exact) mass is 342 g/mol. The molecule has 1 aromatic rings. The van der Waals surface area contributed by atoms with Gasteiger partial charge in [0, 0.05) is 22.1 Å². The average Bonchev–Trinajstić information content (AvgIpc) is 2.43. The van der Waals surface area contributed by atoms with E-state index in [-0.39, 0.29) is 10.6 Å². The van der Waals surface area contributed by atoms with Crippen molar-refractivity contribution in [2.45, 2.75) is 46.1 Å². The molecule has 5 heteroatoms. The number of hydrogen-bond acceptors (Lipinski definition) is 3. The Morgan fingerprint density at radius 3 is 2.65 bits per heavy atom. The second kappa shape index (κ2) is 8.37. The maximum Gasteiger partial charge on any atom is 0.273 e. The molecule has 0 bridgehead atoms. The largest absolute Gasteiger partial charge is 0.314 e. The Hall–Kier alpha value is -0.940. The number of nitrogens with one attached hydrogen (secondary N) is 1. The van der Waals surface area contributed by atoms with Crippen molar-refractivity contribution in [1.29, 1.82) is 0 Å². The van der Waals surface area contributed by atoms with E-state index in [1.54, 1.807) is 6.07 Å². The average molecular weight is 343 g/mol. The highest BCUT2D eigenvalue weighted by atomic mass is 79.9. The third-order valence-electron chi connectivity index (χ3n) is 3.67.